The highest BCUT2D eigenvalue weighted by Crippen LogP contribution is 2.78. The van der Waals surface area contributed by atoms with Gasteiger partial charge in [0.15, 0.2) is 5.41 Å². The van der Waals surface area contributed by atoms with E-state index in [1.165, 1.54) is 31.2 Å². The predicted octanol–water partition coefficient (Wildman–Crippen LogP) is 2.22. The van der Waals surface area contributed by atoms with Crippen LogP contribution in [0, 0.1) is 11.3 Å². The van der Waals surface area contributed by atoms with Gasteiger partial charge in [-0.15, -0.1) is 0 Å². The van der Waals surface area contributed by atoms with Crippen LogP contribution in [0.2, 0.25) is 0 Å². The molecule has 1 aromatic rings. The van der Waals surface area contributed by atoms with Crippen molar-refractivity contribution in [3.8, 4) is 0 Å². The monoisotopic (exact) mass is 314 g/mol. The largest absolute Gasteiger partial charge is 0.465 e. The molecule has 0 N–H and O–H groups in total. The normalized spacial score (nSPS) is 33.1. The zero-order valence-electron chi connectivity index (χ0n) is 11.6. The smallest absolute Gasteiger partial charge is 0.400 e. The summed E-state index contributed by atoms with van der Waals surface area (Å²) in [7, 11) is 0. The molecule has 0 bridgehead atoms. The van der Waals surface area contributed by atoms with Crippen molar-refractivity contribution in [1.29, 1.82) is 0 Å². The maximum absolute atomic E-state index is 13.9. The van der Waals surface area contributed by atoms with Crippen LogP contribution in [0.25, 0.3) is 0 Å². The number of alkyl halides is 3. The first-order valence-corrected chi connectivity index (χ1v) is 6.81. The molecular formula is C15H13F3O4. The molecule has 3 atom stereocenters. The zero-order chi connectivity index (χ0) is 16.2. The number of rotatable bonds is 3. The number of hydrogen-bond acceptors (Lipinski definition) is 4. The van der Waals surface area contributed by atoms with Crippen molar-refractivity contribution < 1.29 is 32.2 Å². The van der Waals surface area contributed by atoms with Gasteiger partial charge in [0.2, 0.25) is 0 Å². The average Bonchev–Trinajstić information content (AvgIpc) is 2.98. The maximum atomic E-state index is 13.9. The molecule has 1 aromatic carbocycles. The molecule has 1 aliphatic carbocycles. The molecule has 0 radical (unpaired) electrons. The maximum Gasteiger partial charge on any atom is 0.400 e. The second kappa shape index (κ2) is 4.47. The quantitative estimate of drug-likeness (QED) is 0.634. The molecule has 118 valence electrons. The highest BCUT2D eigenvalue weighted by atomic mass is 19.4. The van der Waals surface area contributed by atoms with Crippen LogP contribution < -0.4 is 0 Å². The van der Waals surface area contributed by atoms with E-state index in [0.29, 0.717) is 0 Å². The number of carbonyl (C=O) groups is 2. The van der Waals surface area contributed by atoms with Crippen LogP contribution >= 0.6 is 0 Å². The Morgan fingerprint density at radius 2 is 2.00 bits per heavy atom. The first kappa shape index (κ1) is 14.9. The molecule has 1 saturated heterocycles. The number of ether oxygens (including phenoxy) is 2. The Hall–Kier alpha value is -2.05. The van der Waals surface area contributed by atoms with Gasteiger partial charge in [-0.3, -0.25) is 9.59 Å². The summed E-state index contributed by atoms with van der Waals surface area (Å²) < 4.78 is 51.2. The van der Waals surface area contributed by atoms with Crippen LogP contribution in [0.5, 0.6) is 0 Å². The fraction of sp³-hybridized carbons (Fsp3) is 0.467. The molecule has 2 fully saturated rings. The van der Waals surface area contributed by atoms with Gasteiger partial charge < -0.3 is 9.47 Å². The van der Waals surface area contributed by atoms with E-state index >= 15 is 0 Å². The Bertz CT molecular complexity index is 627. The van der Waals surface area contributed by atoms with Crippen molar-refractivity contribution in [2.45, 2.75) is 18.5 Å². The predicted molar refractivity (Wildman–Crippen MR) is 67.7 cm³/mol. The zero-order valence-corrected chi connectivity index (χ0v) is 11.6. The summed E-state index contributed by atoms with van der Waals surface area (Å²) >= 11 is 0. The molecule has 0 unspecified atom stereocenters. The molecule has 1 saturated carbocycles. The molecular weight excluding hydrogens is 301 g/mol. The number of hydrogen-bond donors (Lipinski definition) is 0. The lowest BCUT2D eigenvalue weighted by Crippen LogP contribution is -2.44. The standard InChI is InChI=1S/C15H13F3O4/c1-2-21-11(19)13-10(8-22-12(13)20)14(13,15(16,17)18)9-6-4-3-5-7-9/h3-7,10H,2,8H2,1H3/t10-,13+,14-/m1/s1. The van der Waals surface area contributed by atoms with Crippen molar-refractivity contribution in [2.75, 3.05) is 13.2 Å². The Morgan fingerprint density at radius 3 is 2.55 bits per heavy atom. The third-order valence-corrected chi connectivity index (χ3v) is 4.56. The van der Waals surface area contributed by atoms with Gasteiger partial charge in [-0.05, 0) is 12.5 Å². The summed E-state index contributed by atoms with van der Waals surface area (Å²) in [4.78, 5) is 24.3. The number of esters is 2. The number of benzene rings is 1. The molecule has 22 heavy (non-hydrogen) atoms. The van der Waals surface area contributed by atoms with Crippen LogP contribution in [0.4, 0.5) is 13.2 Å². The van der Waals surface area contributed by atoms with Gasteiger partial charge in [0.25, 0.3) is 0 Å². The van der Waals surface area contributed by atoms with Crippen LogP contribution in [-0.2, 0) is 24.5 Å². The summed E-state index contributed by atoms with van der Waals surface area (Å²) in [5.41, 5.74) is -5.00. The highest BCUT2D eigenvalue weighted by Gasteiger charge is 2.97. The second-order valence-electron chi connectivity index (χ2n) is 5.35. The molecule has 0 spiro atoms. The summed E-state index contributed by atoms with van der Waals surface area (Å²) in [5.74, 6) is -3.60. The topological polar surface area (TPSA) is 52.6 Å². The summed E-state index contributed by atoms with van der Waals surface area (Å²) in [6.45, 7) is 0.930. The Balaban J connectivity index is 2.21. The van der Waals surface area contributed by atoms with Crippen molar-refractivity contribution in [3.63, 3.8) is 0 Å². The molecule has 3 rings (SSSR count). The minimum absolute atomic E-state index is 0.108. The van der Waals surface area contributed by atoms with Gasteiger partial charge >= 0.3 is 18.1 Å². The number of cyclic esters (lactones) is 1. The van der Waals surface area contributed by atoms with Gasteiger partial charge in [0, 0.05) is 5.92 Å². The highest BCUT2D eigenvalue weighted by molar-refractivity contribution is 6.09. The lowest BCUT2D eigenvalue weighted by molar-refractivity contribution is -0.194. The number of fused-ring (bicyclic) bond motifs is 1. The van der Waals surface area contributed by atoms with E-state index in [-0.39, 0.29) is 12.2 Å². The lowest BCUT2D eigenvalue weighted by atomic mass is 9.84. The third-order valence-electron chi connectivity index (χ3n) is 4.56. The third kappa shape index (κ3) is 1.43. The Labute approximate surface area is 124 Å². The van der Waals surface area contributed by atoms with Gasteiger partial charge in [-0.25, -0.2) is 0 Å². The van der Waals surface area contributed by atoms with Gasteiger partial charge in [0.05, 0.1) is 13.2 Å². The average molecular weight is 314 g/mol. The van der Waals surface area contributed by atoms with Crippen LogP contribution in [0.1, 0.15) is 12.5 Å². The van der Waals surface area contributed by atoms with Crippen LogP contribution in [0.3, 0.4) is 0 Å². The SMILES string of the molecule is CCOC(=O)[C@]12C(=O)OC[C@H]1[C@@]2(c1ccccc1)C(F)(F)F. The Morgan fingerprint density at radius 1 is 1.36 bits per heavy atom. The minimum atomic E-state index is -4.77. The first-order valence-electron chi connectivity index (χ1n) is 6.81. The summed E-state index contributed by atoms with van der Waals surface area (Å²) in [6.07, 6.45) is -4.77. The van der Waals surface area contributed by atoms with E-state index in [1.54, 1.807) is 6.07 Å². The van der Waals surface area contributed by atoms with E-state index in [9.17, 15) is 22.8 Å². The summed E-state index contributed by atoms with van der Waals surface area (Å²) in [5, 5.41) is 0. The Kier molecular flexibility index (Phi) is 3.02. The van der Waals surface area contributed by atoms with Crippen molar-refractivity contribution >= 4 is 11.9 Å². The van der Waals surface area contributed by atoms with Gasteiger partial charge in [-0.1, -0.05) is 30.3 Å². The van der Waals surface area contributed by atoms with Gasteiger partial charge in [-0.2, -0.15) is 13.2 Å². The van der Waals surface area contributed by atoms with E-state index < -0.39 is 41.5 Å². The molecule has 1 heterocycles. The molecule has 1 aliphatic heterocycles. The van der Waals surface area contributed by atoms with Crippen molar-refractivity contribution in [2.24, 2.45) is 11.3 Å². The van der Waals surface area contributed by atoms with E-state index in [4.69, 9.17) is 9.47 Å². The second-order valence-corrected chi connectivity index (χ2v) is 5.35. The molecule has 7 heteroatoms. The molecule has 0 aromatic heterocycles. The molecule has 2 aliphatic rings. The summed E-state index contributed by atoms with van der Waals surface area (Å²) in [6, 6.07) is 7.02. The molecule has 0 amide bonds. The lowest BCUT2D eigenvalue weighted by Gasteiger charge is -2.27. The fourth-order valence-corrected chi connectivity index (χ4v) is 3.72. The van der Waals surface area contributed by atoms with Crippen molar-refractivity contribution in [1.82, 2.24) is 0 Å². The fourth-order valence-electron chi connectivity index (χ4n) is 3.72. The van der Waals surface area contributed by atoms with Crippen molar-refractivity contribution in [3.05, 3.63) is 35.9 Å². The number of halogens is 3. The number of carbonyl (C=O) groups excluding carboxylic acids is 2. The van der Waals surface area contributed by atoms with Gasteiger partial charge in [0.1, 0.15) is 5.41 Å². The van der Waals surface area contributed by atoms with E-state index in [2.05, 4.69) is 0 Å². The van der Waals surface area contributed by atoms with E-state index in [0.717, 1.165) is 0 Å². The first-order chi connectivity index (χ1) is 10.3. The molecule has 4 nitrogen and oxygen atoms in total. The van der Waals surface area contributed by atoms with Crippen LogP contribution in [-0.4, -0.2) is 31.3 Å². The van der Waals surface area contributed by atoms with E-state index in [1.807, 2.05) is 0 Å². The minimum Gasteiger partial charge on any atom is -0.465 e. The van der Waals surface area contributed by atoms with Crippen LogP contribution in [0.15, 0.2) is 30.3 Å².